The molecule has 0 aliphatic carbocycles. The zero-order valence-electron chi connectivity index (χ0n) is 16.9. The molecule has 2 aromatic carbocycles. The van der Waals surface area contributed by atoms with E-state index in [1.165, 1.54) is 0 Å². The number of hydrogen-bond acceptors (Lipinski definition) is 2. The topological polar surface area (TPSA) is 49.4 Å². The second kappa shape index (κ2) is 10.9. The molecular formula is C23H29ClN2O2. The number of amides is 2. The van der Waals surface area contributed by atoms with Crippen molar-refractivity contribution in [2.24, 2.45) is 0 Å². The standard InChI is InChI=1S/C23H29ClN2O2/c1-4-12-25-23(28)21(5-2)26(16-19-10-6-8-17(3)13-19)22(27)15-18-9-7-11-20(24)14-18/h6-11,13-14,21H,4-5,12,15-16H2,1-3H3,(H,25,28)/t21-/m1/s1. The maximum Gasteiger partial charge on any atom is 0.242 e. The Kier molecular flexibility index (Phi) is 8.52. The van der Waals surface area contributed by atoms with Crippen molar-refractivity contribution in [3.63, 3.8) is 0 Å². The van der Waals surface area contributed by atoms with Crippen LogP contribution in [0.1, 0.15) is 43.4 Å². The highest BCUT2D eigenvalue weighted by molar-refractivity contribution is 6.30. The van der Waals surface area contributed by atoms with E-state index in [2.05, 4.69) is 11.4 Å². The Morgan fingerprint density at radius 1 is 1.07 bits per heavy atom. The van der Waals surface area contributed by atoms with E-state index in [1.54, 1.807) is 17.0 Å². The van der Waals surface area contributed by atoms with Crippen molar-refractivity contribution < 1.29 is 9.59 Å². The van der Waals surface area contributed by atoms with Crippen LogP contribution in [0.3, 0.4) is 0 Å². The van der Waals surface area contributed by atoms with Crippen LogP contribution >= 0.6 is 11.6 Å². The molecule has 0 aliphatic rings. The normalized spacial score (nSPS) is 11.7. The van der Waals surface area contributed by atoms with Crippen LogP contribution in [0, 0.1) is 6.92 Å². The number of aryl methyl sites for hydroxylation is 1. The average molecular weight is 401 g/mol. The molecule has 2 amide bonds. The quantitative estimate of drug-likeness (QED) is 0.672. The van der Waals surface area contributed by atoms with Crippen LogP contribution in [0.5, 0.6) is 0 Å². The zero-order valence-corrected chi connectivity index (χ0v) is 17.6. The van der Waals surface area contributed by atoms with Crippen LogP contribution < -0.4 is 5.32 Å². The van der Waals surface area contributed by atoms with Gasteiger partial charge in [-0.15, -0.1) is 0 Å². The van der Waals surface area contributed by atoms with Crippen LogP contribution in [0.4, 0.5) is 0 Å². The number of carbonyl (C=O) groups excluding carboxylic acids is 2. The highest BCUT2D eigenvalue weighted by Gasteiger charge is 2.28. The molecule has 2 aromatic rings. The Balaban J connectivity index is 2.27. The van der Waals surface area contributed by atoms with Gasteiger partial charge in [-0.2, -0.15) is 0 Å². The Morgan fingerprint density at radius 2 is 1.79 bits per heavy atom. The first-order chi connectivity index (χ1) is 13.4. The molecule has 150 valence electrons. The van der Waals surface area contributed by atoms with Crippen molar-refractivity contribution in [2.75, 3.05) is 6.54 Å². The van der Waals surface area contributed by atoms with Crippen molar-refractivity contribution in [3.8, 4) is 0 Å². The van der Waals surface area contributed by atoms with Gasteiger partial charge in [0.1, 0.15) is 6.04 Å². The molecule has 0 bridgehead atoms. The molecule has 0 spiro atoms. The minimum atomic E-state index is -0.501. The molecule has 0 aromatic heterocycles. The molecule has 2 rings (SSSR count). The van der Waals surface area contributed by atoms with Crippen LogP contribution in [-0.4, -0.2) is 29.3 Å². The fourth-order valence-corrected chi connectivity index (χ4v) is 3.43. The number of halogens is 1. The molecule has 1 atom stereocenters. The summed E-state index contributed by atoms with van der Waals surface area (Å²) >= 11 is 6.06. The molecule has 0 fully saturated rings. The molecule has 0 unspecified atom stereocenters. The minimum Gasteiger partial charge on any atom is -0.354 e. The third-order valence-corrected chi connectivity index (χ3v) is 4.85. The molecule has 0 saturated heterocycles. The van der Waals surface area contributed by atoms with Gasteiger partial charge < -0.3 is 10.2 Å². The van der Waals surface area contributed by atoms with Gasteiger partial charge in [0.2, 0.25) is 11.8 Å². The summed E-state index contributed by atoms with van der Waals surface area (Å²) in [5.41, 5.74) is 2.99. The van der Waals surface area contributed by atoms with Gasteiger partial charge in [0.05, 0.1) is 6.42 Å². The van der Waals surface area contributed by atoms with E-state index in [4.69, 9.17) is 11.6 Å². The first kappa shape index (κ1) is 22.0. The minimum absolute atomic E-state index is 0.0812. The predicted octanol–water partition coefficient (Wildman–Crippen LogP) is 4.52. The van der Waals surface area contributed by atoms with E-state index in [0.29, 0.717) is 24.5 Å². The maximum atomic E-state index is 13.2. The number of nitrogens with zero attached hydrogens (tertiary/aromatic N) is 1. The number of nitrogens with one attached hydrogen (secondary N) is 1. The maximum absolute atomic E-state index is 13.2. The van der Waals surface area contributed by atoms with Crippen LogP contribution in [0.2, 0.25) is 5.02 Å². The van der Waals surface area contributed by atoms with Crippen molar-refractivity contribution in [2.45, 2.75) is 52.6 Å². The number of hydrogen-bond donors (Lipinski definition) is 1. The molecule has 0 radical (unpaired) electrons. The highest BCUT2D eigenvalue weighted by atomic mass is 35.5. The first-order valence-electron chi connectivity index (χ1n) is 9.81. The molecule has 0 heterocycles. The van der Waals surface area contributed by atoms with Gasteiger partial charge >= 0.3 is 0 Å². The lowest BCUT2D eigenvalue weighted by atomic mass is 10.1. The predicted molar refractivity (Wildman–Crippen MR) is 114 cm³/mol. The SMILES string of the molecule is CCCNC(=O)[C@@H](CC)N(Cc1cccc(C)c1)C(=O)Cc1cccc(Cl)c1. The molecule has 5 heteroatoms. The van der Waals surface area contributed by atoms with Crippen LogP contribution in [0.15, 0.2) is 48.5 Å². The smallest absolute Gasteiger partial charge is 0.242 e. The van der Waals surface area contributed by atoms with Crippen molar-refractivity contribution in [1.29, 1.82) is 0 Å². The lowest BCUT2D eigenvalue weighted by Crippen LogP contribution is -2.49. The van der Waals surface area contributed by atoms with E-state index in [9.17, 15) is 9.59 Å². The van der Waals surface area contributed by atoms with Crippen molar-refractivity contribution in [1.82, 2.24) is 10.2 Å². The summed E-state index contributed by atoms with van der Waals surface area (Å²) in [6.07, 6.45) is 1.63. The average Bonchev–Trinajstić information content (AvgIpc) is 2.66. The summed E-state index contributed by atoms with van der Waals surface area (Å²) < 4.78 is 0. The van der Waals surface area contributed by atoms with E-state index < -0.39 is 6.04 Å². The van der Waals surface area contributed by atoms with Crippen molar-refractivity contribution >= 4 is 23.4 Å². The van der Waals surface area contributed by atoms with Gasteiger partial charge in [-0.3, -0.25) is 9.59 Å². The van der Waals surface area contributed by atoms with Gasteiger partial charge in [-0.05, 0) is 43.0 Å². The van der Waals surface area contributed by atoms with E-state index in [1.807, 2.05) is 51.1 Å². The lowest BCUT2D eigenvalue weighted by Gasteiger charge is -2.31. The molecule has 0 aliphatic heterocycles. The molecule has 0 saturated carbocycles. The number of benzene rings is 2. The second-order valence-electron chi connectivity index (χ2n) is 7.03. The van der Waals surface area contributed by atoms with Crippen LogP contribution in [0.25, 0.3) is 0 Å². The zero-order chi connectivity index (χ0) is 20.5. The Bertz CT molecular complexity index is 807. The van der Waals surface area contributed by atoms with E-state index >= 15 is 0 Å². The molecule has 28 heavy (non-hydrogen) atoms. The monoisotopic (exact) mass is 400 g/mol. The largest absolute Gasteiger partial charge is 0.354 e. The van der Waals surface area contributed by atoms with E-state index in [0.717, 1.165) is 23.1 Å². The highest BCUT2D eigenvalue weighted by Crippen LogP contribution is 2.17. The molecule has 4 nitrogen and oxygen atoms in total. The fraction of sp³-hybridized carbons (Fsp3) is 0.391. The Labute approximate surface area is 172 Å². The summed E-state index contributed by atoms with van der Waals surface area (Å²) in [7, 11) is 0. The third-order valence-electron chi connectivity index (χ3n) is 4.61. The van der Waals surface area contributed by atoms with Gasteiger partial charge in [0.15, 0.2) is 0 Å². The van der Waals surface area contributed by atoms with Gasteiger partial charge in [0, 0.05) is 18.1 Å². The lowest BCUT2D eigenvalue weighted by molar-refractivity contribution is -0.140. The molecular weight excluding hydrogens is 372 g/mol. The van der Waals surface area contributed by atoms with E-state index in [-0.39, 0.29) is 18.2 Å². The summed E-state index contributed by atoms with van der Waals surface area (Å²) in [6, 6.07) is 14.8. The summed E-state index contributed by atoms with van der Waals surface area (Å²) in [5, 5.41) is 3.54. The first-order valence-corrected chi connectivity index (χ1v) is 10.2. The van der Waals surface area contributed by atoms with Gasteiger partial charge in [-0.1, -0.05) is 67.4 Å². The molecule has 1 N–H and O–H groups in total. The third kappa shape index (κ3) is 6.38. The second-order valence-corrected chi connectivity index (χ2v) is 7.47. The number of rotatable bonds is 9. The summed E-state index contributed by atoms with van der Waals surface area (Å²) in [5.74, 6) is -0.182. The Morgan fingerprint density at radius 3 is 2.43 bits per heavy atom. The fourth-order valence-electron chi connectivity index (χ4n) is 3.22. The Hall–Kier alpha value is -2.33. The summed E-state index contributed by atoms with van der Waals surface area (Å²) in [4.78, 5) is 27.6. The van der Waals surface area contributed by atoms with Gasteiger partial charge in [-0.25, -0.2) is 0 Å². The van der Waals surface area contributed by atoms with Crippen molar-refractivity contribution in [3.05, 3.63) is 70.2 Å². The summed E-state index contributed by atoms with van der Waals surface area (Å²) in [6.45, 7) is 6.98. The van der Waals surface area contributed by atoms with Gasteiger partial charge in [0.25, 0.3) is 0 Å². The number of carbonyl (C=O) groups is 2. The van der Waals surface area contributed by atoms with Crippen LogP contribution in [-0.2, 0) is 22.6 Å².